The lowest BCUT2D eigenvalue weighted by molar-refractivity contribution is 0.0368. The lowest BCUT2D eigenvalue weighted by Gasteiger charge is -2.25. The lowest BCUT2D eigenvalue weighted by Crippen LogP contribution is -2.28. The summed E-state index contributed by atoms with van der Waals surface area (Å²) >= 11 is 0. The van der Waals surface area contributed by atoms with Gasteiger partial charge in [-0.1, -0.05) is 18.1 Å². The highest BCUT2D eigenvalue weighted by molar-refractivity contribution is 5.89. The maximum Gasteiger partial charge on any atom is 0.339 e. The molecule has 3 aromatic rings. The Hall–Kier alpha value is -3.40. The molecule has 0 spiro atoms. The molecule has 2 aliphatic carbocycles. The third-order valence-corrected chi connectivity index (χ3v) is 8.19. The fourth-order valence-electron chi connectivity index (χ4n) is 6.06. The van der Waals surface area contributed by atoms with Crippen molar-refractivity contribution >= 4 is 11.8 Å². The Morgan fingerprint density at radius 3 is 2.63 bits per heavy atom. The second kappa shape index (κ2) is 9.41. The molecule has 1 unspecified atom stereocenters. The Balaban J connectivity index is 1.15. The number of benzene rings is 1. The fraction of sp³-hybridized carbons (Fsp3) is 0.464. The summed E-state index contributed by atoms with van der Waals surface area (Å²) in [5, 5.41) is 4.05. The van der Waals surface area contributed by atoms with E-state index in [1.807, 2.05) is 4.90 Å². The largest absolute Gasteiger partial charge is 0.465 e. The third kappa shape index (κ3) is 4.34. The van der Waals surface area contributed by atoms with Gasteiger partial charge >= 0.3 is 5.97 Å². The van der Waals surface area contributed by atoms with Gasteiger partial charge in [-0.25, -0.2) is 22.9 Å². The Morgan fingerprint density at radius 2 is 1.97 bits per heavy atom. The molecule has 1 saturated heterocycles. The molecule has 0 N–H and O–H groups in total. The quantitative estimate of drug-likeness (QED) is 0.368. The Kier molecular flexibility index (Phi) is 6.17. The summed E-state index contributed by atoms with van der Waals surface area (Å²) in [6, 6.07) is 4.89. The molecule has 10 heteroatoms. The zero-order chi connectivity index (χ0) is 26.6. The molecule has 6 rings (SSSR count). The van der Waals surface area contributed by atoms with Crippen LogP contribution in [0, 0.1) is 28.8 Å². The molecule has 3 atom stereocenters. The summed E-state index contributed by atoms with van der Waals surface area (Å²) in [6.45, 7) is 3.53. The minimum atomic E-state index is -0.689. The molecule has 0 radical (unpaired) electrons. The highest BCUT2D eigenvalue weighted by Crippen LogP contribution is 2.51. The van der Waals surface area contributed by atoms with Crippen molar-refractivity contribution in [1.29, 1.82) is 0 Å². The molecule has 0 amide bonds. The molecule has 3 fully saturated rings. The molecule has 1 aliphatic heterocycles. The van der Waals surface area contributed by atoms with Gasteiger partial charge in [0.05, 0.1) is 30.9 Å². The van der Waals surface area contributed by atoms with Crippen LogP contribution in [0.3, 0.4) is 0 Å². The van der Waals surface area contributed by atoms with Crippen molar-refractivity contribution in [2.45, 2.75) is 51.2 Å². The molecule has 7 nitrogen and oxygen atoms in total. The SMILES string of the molecule is COC(=O)c1cnc(N2CC3C[C@H](OCc4c(-c5c(F)cccc5F)noc4C4CC4)C[C@]3(C)C2)c(F)c1. The van der Waals surface area contributed by atoms with E-state index in [1.54, 1.807) is 0 Å². The van der Waals surface area contributed by atoms with E-state index in [1.165, 1.54) is 31.5 Å². The van der Waals surface area contributed by atoms with Crippen LogP contribution in [-0.2, 0) is 16.1 Å². The molecule has 3 heterocycles. The van der Waals surface area contributed by atoms with Crippen LogP contribution in [0.15, 0.2) is 35.0 Å². The van der Waals surface area contributed by atoms with E-state index in [0.717, 1.165) is 31.7 Å². The van der Waals surface area contributed by atoms with Crippen LogP contribution in [0.2, 0.25) is 0 Å². The number of anilines is 1. The molecule has 1 aromatic carbocycles. The standard InChI is InChI=1S/C28H28F3N3O4/c1-28-10-18(9-17(28)12-34(14-28)26-22(31)8-16(11-32-26)27(35)36-2)37-13-19-24(33-38-25(19)15-6-7-15)23-20(29)4-3-5-21(23)30/h3-5,8,11,15,17-18H,6-7,9-10,12-14H2,1-2H3/t17?,18-,28+/m0/s1. The highest BCUT2D eigenvalue weighted by atomic mass is 19.1. The van der Waals surface area contributed by atoms with Crippen molar-refractivity contribution < 1.29 is 32.0 Å². The van der Waals surface area contributed by atoms with Gasteiger partial charge in [0.2, 0.25) is 0 Å². The van der Waals surface area contributed by atoms with Crippen molar-refractivity contribution in [3.63, 3.8) is 0 Å². The first-order valence-corrected chi connectivity index (χ1v) is 12.8. The predicted octanol–water partition coefficient (Wildman–Crippen LogP) is 5.64. The number of halogens is 3. The van der Waals surface area contributed by atoms with Gasteiger partial charge in [0.25, 0.3) is 0 Å². The number of esters is 1. The normalized spacial score (nSPS) is 24.6. The van der Waals surface area contributed by atoms with Gasteiger partial charge < -0.3 is 18.9 Å². The van der Waals surface area contributed by atoms with E-state index in [9.17, 15) is 18.0 Å². The zero-order valence-electron chi connectivity index (χ0n) is 21.2. The molecular formula is C28H28F3N3O4. The minimum Gasteiger partial charge on any atom is -0.465 e. The van der Waals surface area contributed by atoms with Gasteiger partial charge in [0.1, 0.15) is 23.1 Å². The van der Waals surface area contributed by atoms with Crippen LogP contribution in [0.5, 0.6) is 0 Å². The summed E-state index contributed by atoms with van der Waals surface area (Å²) in [7, 11) is 1.24. The van der Waals surface area contributed by atoms with E-state index in [2.05, 4.69) is 21.8 Å². The number of nitrogens with zero attached hydrogens (tertiary/aromatic N) is 3. The van der Waals surface area contributed by atoms with Crippen molar-refractivity contribution in [3.8, 4) is 11.3 Å². The molecular weight excluding hydrogens is 499 g/mol. The molecule has 200 valence electrons. The van der Waals surface area contributed by atoms with Crippen LogP contribution in [-0.4, -0.2) is 42.4 Å². The van der Waals surface area contributed by atoms with Crippen LogP contribution in [0.1, 0.15) is 60.2 Å². The first kappa shape index (κ1) is 24.9. The summed E-state index contributed by atoms with van der Waals surface area (Å²) in [4.78, 5) is 17.8. The smallest absolute Gasteiger partial charge is 0.339 e. The predicted molar refractivity (Wildman–Crippen MR) is 131 cm³/mol. The van der Waals surface area contributed by atoms with Crippen LogP contribution < -0.4 is 4.90 Å². The van der Waals surface area contributed by atoms with Crippen molar-refractivity contribution in [2.75, 3.05) is 25.1 Å². The fourth-order valence-corrected chi connectivity index (χ4v) is 6.06. The Labute approximate surface area is 217 Å². The summed E-state index contributed by atoms with van der Waals surface area (Å²) < 4.78 is 60.4. The van der Waals surface area contributed by atoms with Gasteiger partial charge in [-0.05, 0) is 55.2 Å². The van der Waals surface area contributed by atoms with Gasteiger partial charge in [0.15, 0.2) is 11.6 Å². The average Bonchev–Trinajstić information content (AvgIpc) is 3.47. The monoisotopic (exact) mass is 527 g/mol. The Morgan fingerprint density at radius 1 is 1.21 bits per heavy atom. The maximum absolute atomic E-state index is 14.8. The van der Waals surface area contributed by atoms with Crippen LogP contribution in [0.25, 0.3) is 11.3 Å². The molecule has 2 saturated carbocycles. The number of aromatic nitrogens is 2. The number of carbonyl (C=O) groups is 1. The third-order valence-electron chi connectivity index (χ3n) is 8.19. The molecule has 0 bridgehead atoms. The summed E-state index contributed by atoms with van der Waals surface area (Å²) in [6.07, 6.45) is 4.69. The number of carbonyl (C=O) groups excluding carboxylic acids is 1. The van der Waals surface area contributed by atoms with Gasteiger partial charge in [-0.3, -0.25) is 0 Å². The van der Waals surface area contributed by atoms with Gasteiger partial charge in [-0.15, -0.1) is 0 Å². The highest BCUT2D eigenvalue weighted by Gasteiger charge is 2.51. The molecule has 3 aliphatic rings. The van der Waals surface area contributed by atoms with Crippen LogP contribution >= 0.6 is 0 Å². The van der Waals surface area contributed by atoms with Gasteiger partial charge in [0, 0.05) is 30.8 Å². The second-order valence-corrected chi connectivity index (χ2v) is 10.9. The van der Waals surface area contributed by atoms with E-state index in [0.29, 0.717) is 24.4 Å². The topological polar surface area (TPSA) is 77.7 Å². The number of ether oxygens (including phenoxy) is 2. The lowest BCUT2D eigenvalue weighted by atomic mass is 9.83. The average molecular weight is 528 g/mol. The molecule has 38 heavy (non-hydrogen) atoms. The van der Waals surface area contributed by atoms with Crippen LogP contribution in [0.4, 0.5) is 19.0 Å². The number of pyridine rings is 1. The number of rotatable bonds is 7. The number of hydrogen-bond acceptors (Lipinski definition) is 7. The van der Waals surface area contributed by atoms with E-state index >= 15 is 0 Å². The summed E-state index contributed by atoms with van der Waals surface area (Å²) in [5.41, 5.74) is 0.531. The zero-order valence-corrected chi connectivity index (χ0v) is 21.2. The Bertz CT molecular complexity index is 1370. The first-order valence-electron chi connectivity index (χ1n) is 12.8. The molecule has 2 aromatic heterocycles. The number of methoxy groups -OCH3 is 1. The summed E-state index contributed by atoms with van der Waals surface area (Å²) in [5.74, 6) is -1.25. The minimum absolute atomic E-state index is 0.0630. The first-order chi connectivity index (χ1) is 18.3. The van der Waals surface area contributed by atoms with Crippen molar-refractivity contribution in [3.05, 3.63) is 64.8 Å². The van der Waals surface area contributed by atoms with E-state index in [-0.39, 0.29) is 52.6 Å². The van der Waals surface area contributed by atoms with E-state index in [4.69, 9.17) is 9.26 Å². The second-order valence-electron chi connectivity index (χ2n) is 10.9. The van der Waals surface area contributed by atoms with Crippen molar-refractivity contribution in [2.24, 2.45) is 11.3 Å². The van der Waals surface area contributed by atoms with Crippen molar-refractivity contribution in [1.82, 2.24) is 10.1 Å². The maximum atomic E-state index is 14.8. The number of fused-ring (bicyclic) bond motifs is 1. The van der Waals surface area contributed by atoms with Gasteiger partial charge in [-0.2, -0.15) is 0 Å². The van der Waals surface area contributed by atoms with E-state index < -0.39 is 23.4 Å². The number of hydrogen-bond donors (Lipinski definition) is 0.